The van der Waals surface area contributed by atoms with E-state index in [2.05, 4.69) is 46.6 Å². The van der Waals surface area contributed by atoms with Crippen molar-refractivity contribution in [3.63, 3.8) is 0 Å². The Balaban J connectivity index is 0.00000420. The van der Waals surface area contributed by atoms with Gasteiger partial charge in [0.15, 0.2) is 5.96 Å². The molecule has 1 aromatic carbocycles. The normalized spacial score (nSPS) is 12.2. The third-order valence-electron chi connectivity index (χ3n) is 4.15. The molecule has 162 valence electrons. The third-order valence-corrected chi connectivity index (χ3v) is 5.20. The zero-order valence-electron chi connectivity index (χ0n) is 18.0. The Labute approximate surface area is 195 Å². The molecule has 0 radical (unpaired) electrons. The van der Waals surface area contributed by atoms with Gasteiger partial charge in [0.05, 0.1) is 25.4 Å². The SMILES string of the molecule is CCCOc1cccc(CN=C(NCC)N(C)Cc2csc(C(C)OC)n2)c1.I. The number of methoxy groups -OCH3 is 1. The Morgan fingerprint density at radius 1 is 1.34 bits per heavy atom. The van der Waals surface area contributed by atoms with Gasteiger partial charge in [-0.25, -0.2) is 9.98 Å². The van der Waals surface area contributed by atoms with Crippen LogP contribution in [0, 0.1) is 0 Å². The van der Waals surface area contributed by atoms with Gasteiger partial charge in [-0.1, -0.05) is 19.1 Å². The van der Waals surface area contributed by atoms with E-state index in [0.717, 1.165) is 47.5 Å². The summed E-state index contributed by atoms with van der Waals surface area (Å²) in [7, 11) is 3.73. The molecule has 1 N–H and O–H groups in total. The van der Waals surface area contributed by atoms with Gasteiger partial charge in [-0.05, 0) is 38.0 Å². The second kappa shape index (κ2) is 13.8. The van der Waals surface area contributed by atoms with Crippen LogP contribution in [-0.4, -0.2) is 43.2 Å². The molecule has 1 heterocycles. The summed E-state index contributed by atoms with van der Waals surface area (Å²) in [6.07, 6.45) is 1.02. The molecule has 0 fully saturated rings. The number of nitrogens with zero attached hydrogens (tertiary/aromatic N) is 3. The number of hydrogen-bond acceptors (Lipinski definition) is 5. The van der Waals surface area contributed by atoms with E-state index in [-0.39, 0.29) is 30.1 Å². The number of benzene rings is 1. The van der Waals surface area contributed by atoms with Crippen LogP contribution in [0.3, 0.4) is 0 Å². The van der Waals surface area contributed by atoms with E-state index in [1.54, 1.807) is 18.4 Å². The van der Waals surface area contributed by atoms with Gasteiger partial charge in [0, 0.05) is 26.1 Å². The van der Waals surface area contributed by atoms with Gasteiger partial charge >= 0.3 is 0 Å². The molecular formula is C21H33IN4O2S. The number of hydrogen-bond donors (Lipinski definition) is 1. The standard InChI is InChI=1S/C21H32N4O2S.HI/c1-6-11-27-19-10-8-9-17(12-19)13-23-21(22-7-2)25(4)14-18-15-28-20(24-18)16(3)26-5;/h8-10,12,15-16H,6-7,11,13-14H2,1-5H3,(H,22,23);1H. The van der Waals surface area contributed by atoms with E-state index in [4.69, 9.17) is 14.5 Å². The third kappa shape index (κ3) is 8.47. The lowest BCUT2D eigenvalue weighted by Crippen LogP contribution is -2.38. The first-order valence-electron chi connectivity index (χ1n) is 9.75. The van der Waals surface area contributed by atoms with Gasteiger partial charge in [-0.3, -0.25) is 0 Å². The molecule has 0 aliphatic rings. The number of aromatic nitrogens is 1. The van der Waals surface area contributed by atoms with E-state index >= 15 is 0 Å². The first kappa shape index (κ1) is 25.6. The highest BCUT2D eigenvalue weighted by atomic mass is 127. The predicted octanol–water partition coefficient (Wildman–Crippen LogP) is 4.85. The smallest absolute Gasteiger partial charge is 0.194 e. The van der Waals surface area contributed by atoms with Gasteiger partial charge in [0.2, 0.25) is 0 Å². The lowest BCUT2D eigenvalue weighted by molar-refractivity contribution is 0.119. The van der Waals surface area contributed by atoms with E-state index in [1.807, 2.05) is 26.1 Å². The molecule has 1 aromatic heterocycles. The number of thiazole rings is 1. The van der Waals surface area contributed by atoms with Gasteiger partial charge in [-0.2, -0.15) is 0 Å². The molecule has 29 heavy (non-hydrogen) atoms. The van der Waals surface area contributed by atoms with Crippen molar-refractivity contribution < 1.29 is 9.47 Å². The summed E-state index contributed by atoms with van der Waals surface area (Å²) < 4.78 is 11.1. The summed E-state index contributed by atoms with van der Waals surface area (Å²) in [6.45, 7) is 9.02. The second-order valence-corrected chi connectivity index (χ2v) is 7.47. The van der Waals surface area contributed by atoms with Crippen molar-refractivity contribution in [2.75, 3.05) is 27.3 Å². The number of halogens is 1. The zero-order chi connectivity index (χ0) is 20.4. The quantitative estimate of drug-likeness (QED) is 0.269. The molecule has 1 unspecified atom stereocenters. The molecule has 1 atom stereocenters. The van der Waals surface area contributed by atoms with Crippen LogP contribution < -0.4 is 10.1 Å². The molecule has 0 bridgehead atoms. The van der Waals surface area contributed by atoms with Crippen molar-refractivity contribution in [1.82, 2.24) is 15.2 Å². The summed E-state index contributed by atoms with van der Waals surface area (Å²) >= 11 is 1.63. The van der Waals surface area contributed by atoms with Crippen LogP contribution in [0.5, 0.6) is 5.75 Å². The van der Waals surface area contributed by atoms with Crippen molar-refractivity contribution in [2.24, 2.45) is 4.99 Å². The molecule has 0 aliphatic carbocycles. The Morgan fingerprint density at radius 2 is 2.14 bits per heavy atom. The van der Waals surface area contributed by atoms with Gasteiger partial charge in [0.25, 0.3) is 0 Å². The Morgan fingerprint density at radius 3 is 2.83 bits per heavy atom. The largest absolute Gasteiger partial charge is 0.494 e. The Kier molecular flexibility index (Phi) is 12.2. The number of aliphatic imine (C=N–C) groups is 1. The molecule has 8 heteroatoms. The number of nitrogens with one attached hydrogen (secondary N) is 1. The van der Waals surface area contributed by atoms with Crippen molar-refractivity contribution >= 4 is 41.3 Å². The second-order valence-electron chi connectivity index (χ2n) is 6.58. The molecular weight excluding hydrogens is 499 g/mol. The minimum atomic E-state index is 0. The molecule has 0 spiro atoms. The van der Waals surface area contributed by atoms with Gasteiger partial charge < -0.3 is 19.7 Å². The molecule has 6 nitrogen and oxygen atoms in total. The van der Waals surface area contributed by atoms with Crippen molar-refractivity contribution in [3.8, 4) is 5.75 Å². The van der Waals surface area contributed by atoms with Gasteiger partial charge in [-0.15, -0.1) is 35.3 Å². The fourth-order valence-electron chi connectivity index (χ4n) is 2.59. The highest BCUT2D eigenvalue weighted by Crippen LogP contribution is 2.21. The minimum Gasteiger partial charge on any atom is -0.494 e. The van der Waals surface area contributed by atoms with E-state index < -0.39 is 0 Å². The average Bonchev–Trinajstić information content (AvgIpc) is 3.17. The van der Waals surface area contributed by atoms with E-state index in [0.29, 0.717) is 13.1 Å². The number of ether oxygens (including phenoxy) is 2. The van der Waals surface area contributed by atoms with Crippen LogP contribution in [0.25, 0.3) is 0 Å². The van der Waals surface area contributed by atoms with Crippen LogP contribution in [0.2, 0.25) is 0 Å². The Hall–Kier alpha value is -1.39. The predicted molar refractivity (Wildman–Crippen MR) is 131 cm³/mol. The topological polar surface area (TPSA) is 59.0 Å². The summed E-state index contributed by atoms with van der Waals surface area (Å²) in [5, 5.41) is 6.44. The highest BCUT2D eigenvalue weighted by molar-refractivity contribution is 14.0. The molecule has 0 saturated heterocycles. The van der Waals surface area contributed by atoms with E-state index in [1.165, 1.54) is 0 Å². The average molecular weight is 532 g/mol. The van der Waals surface area contributed by atoms with E-state index in [9.17, 15) is 0 Å². The highest BCUT2D eigenvalue weighted by Gasteiger charge is 2.12. The molecule has 0 saturated carbocycles. The maximum absolute atomic E-state index is 5.72. The lowest BCUT2D eigenvalue weighted by atomic mass is 10.2. The van der Waals surface area contributed by atoms with Crippen LogP contribution in [0.4, 0.5) is 0 Å². The fraction of sp³-hybridized carbons (Fsp3) is 0.524. The number of rotatable bonds is 10. The van der Waals surface area contributed by atoms with Crippen LogP contribution in [-0.2, 0) is 17.8 Å². The maximum atomic E-state index is 5.72. The first-order chi connectivity index (χ1) is 13.6. The van der Waals surface area contributed by atoms with Crippen LogP contribution in [0.1, 0.15) is 49.6 Å². The monoisotopic (exact) mass is 532 g/mol. The summed E-state index contributed by atoms with van der Waals surface area (Å²) in [5.41, 5.74) is 2.15. The maximum Gasteiger partial charge on any atom is 0.194 e. The van der Waals surface area contributed by atoms with Crippen LogP contribution >= 0.6 is 35.3 Å². The summed E-state index contributed by atoms with van der Waals surface area (Å²) in [5.74, 6) is 1.76. The molecule has 2 aromatic rings. The fourth-order valence-corrected chi connectivity index (χ4v) is 3.43. The summed E-state index contributed by atoms with van der Waals surface area (Å²) in [6, 6.07) is 8.13. The lowest BCUT2D eigenvalue weighted by Gasteiger charge is -2.21. The molecule has 0 amide bonds. The zero-order valence-corrected chi connectivity index (χ0v) is 21.1. The van der Waals surface area contributed by atoms with Crippen molar-refractivity contribution in [2.45, 2.75) is 46.4 Å². The first-order valence-corrected chi connectivity index (χ1v) is 10.6. The minimum absolute atomic E-state index is 0. The van der Waals surface area contributed by atoms with Crippen molar-refractivity contribution in [3.05, 3.63) is 45.9 Å². The summed E-state index contributed by atoms with van der Waals surface area (Å²) in [4.78, 5) is 11.6. The van der Waals surface area contributed by atoms with Gasteiger partial charge in [0.1, 0.15) is 16.9 Å². The van der Waals surface area contributed by atoms with Crippen LogP contribution in [0.15, 0.2) is 34.6 Å². The number of guanidine groups is 1. The molecule has 0 aliphatic heterocycles. The van der Waals surface area contributed by atoms with Crippen molar-refractivity contribution in [1.29, 1.82) is 0 Å². The molecule has 2 rings (SSSR count). The Bertz CT molecular complexity index is 754.